The van der Waals surface area contributed by atoms with E-state index in [4.69, 9.17) is 9.47 Å². The smallest absolute Gasteiger partial charge is 0.340 e. The Morgan fingerprint density at radius 2 is 2.04 bits per heavy atom. The van der Waals surface area contributed by atoms with Crippen LogP contribution in [0.2, 0.25) is 0 Å². The quantitative estimate of drug-likeness (QED) is 0.473. The molecule has 0 N–H and O–H groups in total. The molecule has 0 radical (unpaired) electrons. The molecule has 0 aromatic heterocycles. The van der Waals surface area contributed by atoms with Gasteiger partial charge in [0, 0.05) is 25.2 Å². The topological polar surface area (TPSA) is 81.9 Å². The van der Waals surface area contributed by atoms with Crippen LogP contribution in [0.15, 0.2) is 42.5 Å². The number of esters is 1. The van der Waals surface area contributed by atoms with Crippen LogP contribution in [0.25, 0.3) is 0 Å². The number of carbonyl (C=O) groups excluding carboxylic acids is 1. The first-order valence-electron chi connectivity index (χ1n) is 7.98. The van der Waals surface area contributed by atoms with Gasteiger partial charge in [-0.25, -0.2) is 9.18 Å². The zero-order valence-corrected chi connectivity index (χ0v) is 14.1. The molecule has 8 heteroatoms. The molecule has 3 rings (SSSR count). The number of benzene rings is 2. The SMILES string of the molecule is COC(=O)c1cc([N+](=O)[O-])ccc1N1CCOC(c2ccc(F)cc2)C1. The van der Waals surface area contributed by atoms with Crippen LogP contribution < -0.4 is 4.90 Å². The third-order valence-corrected chi connectivity index (χ3v) is 4.25. The summed E-state index contributed by atoms with van der Waals surface area (Å²) in [7, 11) is 1.23. The summed E-state index contributed by atoms with van der Waals surface area (Å²) in [4.78, 5) is 24.5. The molecule has 2 aromatic rings. The Morgan fingerprint density at radius 1 is 1.31 bits per heavy atom. The largest absolute Gasteiger partial charge is 0.465 e. The van der Waals surface area contributed by atoms with Crippen LogP contribution >= 0.6 is 0 Å². The number of methoxy groups -OCH3 is 1. The van der Waals surface area contributed by atoms with E-state index in [1.807, 2.05) is 4.90 Å². The maximum atomic E-state index is 13.1. The number of nitrogens with zero attached hydrogens (tertiary/aromatic N) is 2. The number of hydrogen-bond donors (Lipinski definition) is 0. The fourth-order valence-corrected chi connectivity index (χ4v) is 2.93. The summed E-state index contributed by atoms with van der Waals surface area (Å²) in [6, 6.07) is 10.1. The van der Waals surface area contributed by atoms with Gasteiger partial charge in [0.2, 0.25) is 0 Å². The van der Waals surface area contributed by atoms with E-state index in [2.05, 4.69) is 0 Å². The van der Waals surface area contributed by atoms with Crippen molar-refractivity contribution >= 4 is 17.3 Å². The van der Waals surface area contributed by atoms with Crippen LogP contribution in [0.1, 0.15) is 22.0 Å². The minimum Gasteiger partial charge on any atom is -0.465 e. The minimum atomic E-state index is -0.645. The molecule has 0 saturated carbocycles. The van der Waals surface area contributed by atoms with Gasteiger partial charge in [-0.1, -0.05) is 12.1 Å². The molecule has 1 heterocycles. The van der Waals surface area contributed by atoms with Crippen molar-refractivity contribution in [3.8, 4) is 0 Å². The molecule has 7 nitrogen and oxygen atoms in total. The lowest BCUT2D eigenvalue weighted by molar-refractivity contribution is -0.384. The first-order valence-corrected chi connectivity index (χ1v) is 7.98. The number of nitro groups is 1. The first kappa shape index (κ1) is 17.8. The van der Waals surface area contributed by atoms with Crippen LogP contribution in [0.4, 0.5) is 15.8 Å². The number of morpholine rings is 1. The lowest BCUT2D eigenvalue weighted by Gasteiger charge is -2.35. The molecule has 1 aliphatic heterocycles. The lowest BCUT2D eigenvalue weighted by atomic mass is 10.1. The molecule has 0 aliphatic carbocycles. The van der Waals surface area contributed by atoms with Crippen molar-refractivity contribution in [1.29, 1.82) is 0 Å². The predicted octanol–water partition coefficient (Wildman–Crippen LogP) is 3.10. The molecule has 1 aliphatic rings. The van der Waals surface area contributed by atoms with Gasteiger partial charge in [0.1, 0.15) is 11.9 Å². The zero-order valence-electron chi connectivity index (χ0n) is 14.1. The second-order valence-corrected chi connectivity index (χ2v) is 5.81. The summed E-state index contributed by atoms with van der Waals surface area (Å²) in [5.74, 6) is -0.974. The number of halogens is 1. The zero-order chi connectivity index (χ0) is 18.7. The van der Waals surface area contributed by atoms with Crippen molar-refractivity contribution in [3.63, 3.8) is 0 Å². The number of hydrogen-bond acceptors (Lipinski definition) is 6. The van der Waals surface area contributed by atoms with E-state index in [0.29, 0.717) is 25.4 Å². The average molecular weight is 360 g/mol. The third kappa shape index (κ3) is 3.65. The lowest BCUT2D eigenvalue weighted by Crippen LogP contribution is -2.39. The minimum absolute atomic E-state index is 0.126. The van der Waals surface area contributed by atoms with E-state index in [0.717, 1.165) is 5.56 Å². The summed E-state index contributed by atoms with van der Waals surface area (Å²) in [5.41, 5.74) is 1.30. The molecule has 1 fully saturated rings. The number of ether oxygens (including phenoxy) is 2. The highest BCUT2D eigenvalue weighted by Gasteiger charge is 2.27. The molecule has 0 spiro atoms. The number of carbonyl (C=O) groups is 1. The van der Waals surface area contributed by atoms with Gasteiger partial charge in [0.15, 0.2) is 0 Å². The van der Waals surface area contributed by atoms with E-state index in [-0.39, 0.29) is 23.2 Å². The van der Waals surface area contributed by atoms with Crippen molar-refractivity contribution in [2.24, 2.45) is 0 Å². The van der Waals surface area contributed by atoms with Gasteiger partial charge in [-0.2, -0.15) is 0 Å². The Kier molecular flexibility index (Phi) is 5.13. The maximum Gasteiger partial charge on any atom is 0.340 e. The molecular weight excluding hydrogens is 343 g/mol. The Labute approximate surface area is 149 Å². The van der Waals surface area contributed by atoms with Crippen LogP contribution in [0, 0.1) is 15.9 Å². The highest BCUT2D eigenvalue weighted by molar-refractivity contribution is 5.96. The number of rotatable bonds is 4. The van der Waals surface area contributed by atoms with Gasteiger partial charge in [0.25, 0.3) is 5.69 Å². The molecule has 136 valence electrons. The third-order valence-electron chi connectivity index (χ3n) is 4.25. The molecule has 0 amide bonds. The van der Waals surface area contributed by atoms with Crippen LogP contribution in [0.5, 0.6) is 0 Å². The van der Waals surface area contributed by atoms with Crippen molar-refractivity contribution in [1.82, 2.24) is 0 Å². The molecule has 26 heavy (non-hydrogen) atoms. The van der Waals surface area contributed by atoms with Crippen molar-refractivity contribution in [2.75, 3.05) is 31.7 Å². The number of nitro benzene ring substituents is 1. The molecular formula is C18H17FN2O5. The number of non-ortho nitro benzene ring substituents is 1. The number of anilines is 1. The monoisotopic (exact) mass is 360 g/mol. The second-order valence-electron chi connectivity index (χ2n) is 5.81. The average Bonchev–Trinajstić information content (AvgIpc) is 2.67. The Bertz CT molecular complexity index is 825. The molecule has 0 bridgehead atoms. The van der Waals surface area contributed by atoms with Crippen molar-refractivity contribution in [3.05, 3.63) is 69.5 Å². The fourth-order valence-electron chi connectivity index (χ4n) is 2.93. The van der Waals surface area contributed by atoms with Gasteiger partial charge in [-0.3, -0.25) is 10.1 Å². The second kappa shape index (κ2) is 7.49. The Morgan fingerprint density at radius 3 is 2.69 bits per heavy atom. The standard InChI is InChI=1S/C18H17FN2O5/c1-25-18(22)15-10-14(21(23)24)6-7-16(15)20-8-9-26-17(11-20)12-2-4-13(19)5-3-12/h2-7,10,17H,8-9,11H2,1H3. The fraction of sp³-hybridized carbons (Fsp3) is 0.278. The first-order chi connectivity index (χ1) is 12.5. The van der Waals surface area contributed by atoms with Crippen LogP contribution in [0.3, 0.4) is 0 Å². The summed E-state index contributed by atoms with van der Waals surface area (Å²) in [5, 5.41) is 11.0. The van der Waals surface area contributed by atoms with Crippen molar-refractivity contribution < 1.29 is 23.6 Å². The van der Waals surface area contributed by atoms with Gasteiger partial charge in [-0.15, -0.1) is 0 Å². The summed E-state index contributed by atoms with van der Waals surface area (Å²) in [6.45, 7) is 1.34. The van der Waals surface area contributed by atoms with E-state index < -0.39 is 10.9 Å². The molecule has 1 saturated heterocycles. The predicted molar refractivity (Wildman–Crippen MR) is 91.7 cm³/mol. The Balaban J connectivity index is 1.91. The molecule has 2 aromatic carbocycles. The van der Waals surface area contributed by atoms with Gasteiger partial charge >= 0.3 is 5.97 Å². The van der Waals surface area contributed by atoms with Crippen LogP contribution in [-0.4, -0.2) is 37.7 Å². The summed E-state index contributed by atoms with van der Waals surface area (Å²) >= 11 is 0. The van der Waals surface area contributed by atoms with E-state index >= 15 is 0 Å². The van der Waals surface area contributed by atoms with E-state index in [1.54, 1.807) is 12.1 Å². The van der Waals surface area contributed by atoms with E-state index in [9.17, 15) is 19.3 Å². The van der Waals surface area contributed by atoms with Gasteiger partial charge in [0.05, 0.1) is 29.9 Å². The van der Waals surface area contributed by atoms with Crippen LogP contribution in [-0.2, 0) is 9.47 Å². The summed E-state index contributed by atoms with van der Waals surface area (Å²) < 4.78 is 23.6. The Hall–Kier alpha value is -3.00. The van der Waals surface area contributed by atoms with Gasteiger partial charge < -0.3 is 14.4 Å². The molecule has 1 unspecified atom stereocenters. The van der Waals surface area contributed by atoms with E-state index in [1.165, 1.54) is 37.4 Å². The molecule has 1 atom stereocenters. The normalized spacial score (nSPS) is 17.0. The summed E-state index contributed by atoms with van der Waals surface area (Å²) in [6.07, 6.45) is -0.301. The highest BCUT2D eigenvalue weighted by Crippen LogP contribution is 2.31. The van der Waals surface area contributed by atoms with Gasteiger partial charge in [-0.05, 0) is 23.8 Å². The maximum absolute atomic E-state index is 13.1. The highest BCUT2D eigenvalue weighted by atomic mass is 19.1. The van der Waals surface area contributed by atoms with Crippen molar-refractivity contribution in [2.45, 2.75) is 6.10 Å².